The second kappa shape index (κ2) is 18.3. The van der Waals surface area contributed by atoms with E-state index in [4.69, 9.17) is 0 Å². The maximum atomic E-state index is 2.30. The fourth-order valence-corrected chi connectivity index (χ4v) is 5.80. The molecule has 0 unspecified atom stereocenters. The van der Waals surface area contributed by atoms with Gasteiger partial charge in [-0.25, -0.2) is 0 Å². The Balaban J connectivity index is 0. The number of halogens is 1. The van der Waals surface area contributed by atoms with Crippen LogP contribution in [-0.2, 0) is 17.1 Å². The Labute approximate surface area is 117 Å². The van der Waals surface area contributed by atoms with Gasteiger partial charge in [0.05, 0.1) is 0 Å². The Morgan fingerprint density at radius 1 is 0.562 bits per heavy atom. The van der Waals surface area contributed by atoms with Gasteiger partial charge in [-0.05, 0) is 0 Å². The fraction of sp³-hybridized carbons (Fsp3) is 1.00. The zero-order chi connectivity index (χ0) is 11.2. The van der Waals surface area contributed by atoms with Crippen molar-refractivity contribution in [1.29, 1.82) is 0 Å². The van der Waals surface area contributed by atoms with Crippen LogP contribution in [0, 0.1) is 0 Å². The van der Waals surface area contributed by atoms with Gasteiger partial charge in [0.25, 0.3) is 0 Å². The van der Waals surface area contributed by atoms with Crippen LogP contribution in [0.5, 0.6) is 0 Å². The summed E-state index contributed by atoms with van der Waals surface area (Å²) >= 11 is -0.0568. The van der Waals surface area contributed by atoms with Crippen molar-refractivity contribution in [2.24, 2.45) is 0 Å². The minimum absolute atomic E-state index is 0. The molecule has 0 spiro atoms. The molecule has 0 radical (unpaired) electrons. The molecule has 0 rings (SSSR count). The maximum absolute atomic E-state index is 2.30. The Kier molecular flexibility index (Phi) is 22.0. The van der Waals surface area contributed by atoms with Crippen LogP contribution in [0.25, 0.3) is 0 Å². The molecule has 0 N–H and O–H groups in total. The van der Waals surface area contributed by atoms with Crippen LogP contribution in [-0.4, -0.2) is 0 Å². The van der Waals surface area contributed by atoms with E-state index in [0.29, 0.717) is 0 Å². The fourth-order valence-electron chi connectivity index (χ4n) is 2.09. The molecule has 0 bridgehead atoms. The van der Waals surface area contributed by atoms with Gasteiger partial charge in [0.15, 0.2) is 0 Å². The van der Waals surface area contributed by atoms with Crippen molar-refractivity contribution in [3.8, 4) is 0 Å². The molecule has 0 saturated heterocycles. The topological polar surface area (TPSA) is 0 Å². The van der Waals surface area contributed by atoms with Gasteiger partial charge in [0.2, 0.25) is 0 Å². The van der Waals surface area contributed by atoms with Crippen LogP contribution >= 0.6 is 12.4 Å². The number of hydrogen-bond acceptors (Lipinski definition) is 0. The van der Waals surface area contributed by atoms with Gasteiger partial charge in [-0.3, -0.25) is 0 Å². The largest absolute Gasteiger partial charge is 0.147 e. The summed E-state index contributed by atoms with van der Waals surface area (Å²) in [6.45, 7) is 4.60. The van der Waals surface area contributed by atoms with E-state index in [1.807, 2.05) is 0 Å². The molecule has 2 heteroatoms. The molecule has 0 aromatic heterocycles. The summed E-state index contributed by atoms with van der Waals surface area (Å²) in [5.74, 6) is 0. The van der Waals surface area contributed by atoms with E-state index in [1.165, 1.54) is 51.4 Å². The molecule has 0 fully saturated rings. The molecule has 0 aliphatic heterocycles. The summed E-state index contributed by atoms with van der Waals surface area (Å²) in [6, 6.07) is 0. The molecular formula is C14H31ClZn. The third-order valence-corrected chi connectivity index (χ3v) is 7.40. The molecule has 0 aromatic carbocycles. The quantitative estimate of drug-likeness (QED) is 0.294. The Morgan fingerprint density at radius 3 is 1.31 bits per heavy atom. The molecule has 0 heterocycles. The molecular weight excluding hydrogens is 269 g/mol. The van der Waals surface area contributed by atoms with E-state index in [0.717, 1.165) is 0 Å². The summed E-state index contributed by atoms with van der Waals surface area (Å²) in [5.41, 5.74) is 0. The minimum atomic E-state index is -0.0568. The normalized spacial score (nSPS) is 9.62. The molecule has 0 nitrogen and oxygen atoms in total. The van der Waals surface area contributed by atoms with E-state index in [2.05, 4.69) is 13.8 Å². The third kappa shape index (κ3) is 17.3. The Hall–Kier alpha value is 0.913. The zero-order valence-corrected chi connectivity index (χ0v) is 15.4. The third-order valence-electron chi connectivity index (χ3n) is 3.21. The van der Waals surface area contributed by atoms with Crippen molar-refractivity contribution in [1.82, 2.24) is 0 Å². The number of unbranched alkanes of at least 4 members (excludes halogenated alkanes) is 8. The van der Waals surface area contributed by atoms with Gasteiger partial charge in [0, 0.05) is 0 Å². The van der Waals surface area contributed by atoms with Gasteiger partial charge < -0.3 is 0 Å². The van der Waals surface area contributed by atoms with Crippen molar-refractivity contribution in [3.05, 3.63) is 0 Å². The van der Waals surface area contributed by atoms with Crippen LogP contribution in [0.1, 0.15) is 78.1 Å². The van der Waals surface area contributed by atoms with E-state index in [1.54, 1.807) is 22.9 Å². The van der Waals surface area contributed by atoms with E-state index >= 15 is 0 Å². The average Bonchev–Trinajstić information content (AvgIpc) is 2.26. The second-order valence-electron chi connectivity index (χ2n) is 4.89. The first-order valence-corrected chi connectivity index (χ1v) is 11.6. The second-order valence-corrected chi connectivity index (χ2v) is 9.34. The van der Waals surface area contributed by atoms with Crippen molar-refractivity contribution in [2.75, 3.05) is 0 Å². The average molecular weight is 300 g/mol. The monoisotopic (exact) mass is 298 g/mol. The Bertz CT molecular complexity index is 94.9. The van der Waals surface area contributed by atoms with Crippen molar-refractivity contribution in [3.63, 3.8) is 0 Å². The minimum Gasteiger partial charge on any atom is -0.147 e. The predicted molar refractivity (Wildman–Crippen MR) is 74.4 cm³/mol. The maximum Gasteiger partial charge on any atom is -0.147 e. The van der Waals surface area contributed by atoms with E-state index < -0.39 is 0 Å². The number of rotatable bonds is 12. The summed E-state index contributed by atoms with van der Waals surface area (Å²) in [7, 11) is 0. The van der Waals surface area contributed by atoms with Gasteiger partial charge >= 0.3 is 105 Å². The first-order valence-electron chi connectivity index (χ1n) is 7.41. The van der Waals surface area contributed by atoms with Gasteiger partial charge in [-0.2, -0.15) is 0 Å². The molecule has 0 amide bonds. The van der Waals surface area contributed by atoms with E-state index in [9.17, 15) is 0 Å². The van der Waals surface area contributed by atoms with Gasteiger partial charge in [0.1, 0.15) is 0 Å². The number of hydrogen-bond donors (Lipinski definition) is 0. The zero-order valence-electron chi connectivity index (χ0n) is 11.6. The standard InChI is InChI=1S/2C7H15.ClH.Zn/c2*1-3-5-7-6-4-2;;/h2*1,3-7H2,2H3;1H;. The molecule has 0 saturated carbocycles. The van der Waals surface area contributed by atoms with Gasteiger partial charge in [-0.15, -0.1) is 12.4 Å². The molecule has 0 aliphatic rings. The molecule has 16 heavy (non-hydrogen) atoms. The van der Waals surface area contributed by atoms with Crippen molar-refractivity contribution < 1.29 is 17.1 Å². The summed E-state index contributed by atoms with van der Waals surface area (Å²) in [5, 5.41) is 3.34. The summed E-state index contributed by atoms with van der Waals surface area (Å²) in [6.07, 6.45) is 14.9. The van der Waals surface area contributed by atoms with Crippen LogP contribution in [0.2, 0.25) is 10.0 Å². The molecule has 0 aromatic rings. The predicted octanol–water partition coefficient (Wildman–Crippen LogP) is 6.27. The van der Waals surface area contributed by atoms with Crippen LogP contribution in [0.3, 0.4) is 0 Å². The van der Waals surface area contributed by atoms with Gasteiger partial charge in [-0.1, -0.05) is 0 Å². The van der Waals surface area contributed by atoms with Crippen LogP contribution in [0.4, 0.5) is 0 Å². The first kappa shape index (κ1) is 19.3. The molecule has 0 atom stereocenters. The van der Waals surface area contributed by atoms with Crippen molar-refractivity contribution >= 4 is 12.4 Å². The first-order chi connectivity index (χ1) is 7.41. The van der Waals surface area contributed by atoms with E-state index in [-0.39, 0.29) is 29.5 Å². The van der Waals surface area contributed by atoms with Crippen molar-refractivity contribution in [2.45, 2.75) is 88.1 Å². The SMILES string of the molecule is CCCCCC[CH2][Zn][CH2]CCCCCC.Cl. The molecule has 96 valence electrons. The van der Waals surface area contributed by atoms with Crippen LogP contribution < -0.4 is 0 Å². The summed E-state index contributed by atoms with van der Waals surface area (Å²) < 4.78 is 0. The Morgan fingerprint density at radius 2 is 0.938 bits per heavy atom. The van der Waals surface area contributed by atoms with Crippen LogP contribution in [0.15, 0.2) is 0 Å². The molecule has 0 aliphatic carbocycles. The summed E-state index contributed by atoms with van der Waals surface area (Å²) in [4.78, 5) is 0. The smallest absolute Gasteiger partial charge is 0.147 e.